The Morgan fingerprint density at radius 1 is 1.82 bits per heavy atom. The average molecular weight is 161 g/mol. The first kappa shape index (κ1) is 9.61. The fourth-order valence-corrected chi connectivity index (χ4v) is 0.288. The van der Waals surface area contributed by atoms with Crippen LogP contribution < -0.4 is 0 Å². The van der Waals surface area contributed by atoms with Crippen molar-refractivity contribution >= 4 is 11.7 Å². The summed E-state index contributed by atoms with van der Waals surface area (Å²) in [7, 11) is 0. The second-order valence-corrected chi connectivity index (χ2v) is 1.56. The molecule has 0 aliphatic heterocycles. The Kier molecular flexibility index (Phi) is 4.72. The minimum Gasteiger partial charge on any atom is -0.477 e. The van der Waals surface area contributed by atoms with Crippen LogP contribution in [0.25, 0.3) is 0 Å². The maximum atomic E-state index is 11.7. The zero-order chi connectivity index (χ0) is 8.69. The third-order valence-electron chi connectivity index (χ3n) is 0.741. The number of rotatable bonds is 5. The van der Waals surface area contributed by atoms with Gasteiger partial charge in [0.25, 0.3) is 0 Å². The molecular weight excluding hydrogens is 153 g/mol. The lowest BCUT2D eigenvalue weighted by Crippen LogP contribution is -2.15. The van der Waals surface area contributed by atoms with Gasteiger partial charge in [-0.3, -0.25) is 0 Å². The average Bonchev–Trinajstić information content (AvgIpc) is 1.97. The molecule has 0 amide bonds. The maximum Gasteiger partial charge on any atom is 0.356 e. The molecule has 0 aromatic heterocycles. The zero-order valence-corrected chi connectivity index (χ0v) is 5.79. The Bertz CT molecular complexity index is 179. The quantitative estimate of drug-likeness (QED) is 0.278. The molecule has 11 heavy (non-hydrogen) atoms. The van der Waals surface area contributed by atoms with Gasteiger partial charge in [-0.1, -0.05) is 17.8 Å². The number of carbonyl (C=O) groups is 1. The Morgan fingerprint density at radius 3 is 2.82 bits per heavy atom. The highest BCUT2D eigenvalue weighted by Gasteiger charge is 2.08. The number of carboxylic acids is 1. The summed E-state index contributed by atoms with van der Waals surface area (Å²) in [4.78, 5) is 14.4. The fraction of sp³-hybridized carbons (Fsp3) is 0.333. The molecule has 0 bridgehead atoms. The fourth-order valence-electron chi connectivity index (χ4n) is 0.288. The highest BCUT2D eigenvalue weighted by molar-refractivity contribution is 6.36. The van der Waals surface area contributed by atoms with Gasteiger partial charge in [0.1, 0.15) is 13.3 Å². The van der Waals surface area contributed by atoms with Crippen LogP contribution in [0.5, 0.6) is 0 Å². The van der Waals surface area contributed by atoms with Crippen molar-refractivity contribution in [1.29, 1.82) is 0 Å². The van der Waals surface area contributed by atoms with Gasteiger partial charge in [0.15, 0.2) is 5.71 Å². The number of carboxylic acid groups (broad SMARTS) is 1. The van der Waals surface area contributed by atoms with E-state index in [1.165, 1.54) is 6.08 Å². The largest absolute Gasteiger partial charge is 0.477 e. The second kappa shape index (κ2) is 5.40. The van der Waals surface area contributed by atoms with Gasteiger partial charge in [0, 0.05) is 0 Å². The van der Waals surface area contributed by atoms with E-state index in [1.54, 1.807) is 0 Å². The van der Waals surface area contributed by atoms with Crippen molar-refractivity contribution in [3.8, 4) is 0 Å². The van der Waals surface area contributed by atoms with Crippen LogP contribution in [0.4, 0.5) is 4.39 Å². The Hall–Kier alpha value is -1.39. The summed E-state index contributed by atoms with van der Waals surface area (Å²) in [5.41, 5.74) is -0.646. The van der Waals surface area contributed by atoms with E-state index in [9.17, 15) is 9.18 Å². The first-order valence-electron chi connectivity index (χ1n) is 2.81. The molecule has 1 N–H and O–H groups in total. The van der Waals surface area contributed by atoms with Crippen molar-refractivity contribution in [2.24, 2.45) is 5.16 Å². The van der Waals surface area contributed by atoms with Crippen LogP contribution in [0.15, 0.2) is 17.8 Å². The van der Waals surface area contributed by atoms with Gasteiger partial charge >= 0.3 is 5.97 Å². The molecule has 0 aliphatic rings. The van der Waals surface area contributed by atoms with E-state index in [4.69, 9.17) is 5.11 Å². The minimum absolute atomic E-state index is 0.0663. The monoisotopic (exact) mass is 161 g/mol. The Balaban J connectivity index is 3.90. The summed E-state index contributed by atoms with van der Waals surface area (Å²) in [6, 6.07) is 0. The summed E-state index contributed by atoms with van der Waals surface area (Å²) in [6.45, 7) is 2.21. The van der Waals surface area contributed by atoms with Crippen LogP contribution in [0.1, 0.15) is 0 Å². The molecule has 0 saturated heterocycles. The van der Waals surface area contributed by atoms with Crippen LogP contribution in [-0.4, -0.2) is 30.1 Å². The van der Waals surface area contributed by atoms with Gasteiger partial charge in [-0.25, -0.2) is 9.18 Å². The number of alkyl halides is 1. The molecule has 4 nitrogen and oxygen atoms in total. The van der Waals surface area contributed by atoms with Crippen LogP contribution in [0.2, 0.25) is 0 Å². The maximum absolute atomic E-state index is 11.7. The minimum atomic E-state index is -1.42. The molecule has 0 aliphatic carbocycles. The van der Waals surface area contributed by atoms with Gasteiger partial charge in [0.2, 0.25) is 0 Å². The molecule has 0 saturated carbocycles. The predicted octanol–water partition coefficient (Wildman–Crippen LogP) is 0.599. The van der Waals surface area contributed by atoms with Crippen LogP contribution in [0, 0.1) is 0 Å². The van der Waals surface area contributed by atoms with Gasteiger partial charge in [-0.05, 0) is 0 Å². The lowest BCUT2D eigenvalue weighted by atomic mass is 10.4. The summed E-state index contributed by atoms with van der Waals surface area (Å²) in [6.07, 6.45) is 1.38. The number of halogens is 1. The third kappa shape index (κ3) is 4.07. The van der Waals surface area contributed by atoms with E-state index < -0.39 is 18.4 Å². The van der Waals surface area contributed by atoms with E-state index in [1.807, 2.05) is 0 Å². The zero-order valence-electron chi connectivity index (χ0n) is 5.79. The second-order valence-electron chi connectivity index (χ2n) is 1.56. The van der Waals surface area contributed by atoms with Gasteiger partial charge in [-0.2, -0.15) is 0 Å². The highest BCUT2D eigenvalue weighted by atomic mass is 19.1. The van der Waals surface area contributed by atoms with E-state index >= 15 is 0 Å². The highest BCUT2D eigenvalue weighted by Crippen LogP contribution is 1.84. The molecular formula is C6H8FNO3. The molecule has 5 heteroatoms. The first-order chi connectivity index (χ1) is 5.22. The van der Waals surface area contributed by atoms with Crippen molar-refractivity contribution in [3.05, 3.63) is 12.7 Å². The normalized spacial score (nSPS) is 10.8. The molecule has 62 valence electrons. The molecule has 0 atom stereocenters. The first-order valence-corrected chi connectivity index (χ1v) is 2.81. The Labute approximate surface area is 63.0 Å². The Morgan fingerprint density at radius 2 is 2.45 bits per heavy atom. The van der Waals surface area contributed by atoms with E-state index in [-0.39, 0.29) is 6.61 Å². The van der Waals surface area contributed by atoms with E-state index in [0.717, 1.165) is 0 Å². The smallest absolute Gasteiger partial charge is 0.356 e. The summed E-state index contributed by atoms with van der Waals surface area (Å²) in [5, 5.41) is 11.2. The standard InChI is InChI=1S/C6H8FNO3/c1-2-3-11-8-5(4-7)6(9)10/h2H,1,3-4H2,(H,9,10)/b8-5-. The molecule has 0 aromatic carbocycles. The molecule has 0 radical (unpaired) electrons. The van der Waals surface area contributed by atoms with Crippen LogP contribution >= 0.6 is 0 Å². The van der Waals surface area contributed by atoms with E-state index in [0.29, 0.717) is 0 Å². The van der Waals surface area contributed by atoms with Gasteiger partial charge in [-0.15, -0.1) is 0 Å². The summed E-state index contributed by atoms with van der Waals surface area (Å²) < 4.78 is 11.7. The number of nitrogens with zero attached hydrogens (tertiary/aromatic N) is 1. The van der Waals surface area contributed by atoms with Crippen molar-refractivity contribution in [3.63, 3.8) is 0 Å². The van der Waals surface area contributed by atoms with Gasteiger partial charge in [0.05, 0.1) is 0 Å². The van der Waals surface area contributed by atoms with Crippen molar-refractivity contribution in [2.45, 2.75) is 0 Å². The number of oxime groups is 1. The van der Waals surface area contributed by atoms with Gasteiger partial charge < -0.3 is 9.94 Å². The lowest BCUT2D eigenvalue weighted by molar-refractivity contribution is -0.129. The summed E-state index contributed by atoms with van der Waals surface area (Å²) in [5.74, 6) is -1.42. The lowest BCUT2D eigenvalue weighted by Gasteiger charge is -1.94. The molecule has 0 unspecified atom stereocenters. The van der Waals surface area contributed by atoms with Crippen molar-refractivity contribution in [1.82, 2.24) is 0 Å². The molecule has 0 fully saturated rings. The number of hydrogen-bond acceptors (Lipinski definition) is 3. The number of hydrogen-bond donors (Lipinski definition) is 1. The van der Waals surface area contributed by atoms with Crippen molar-refractivity contribution in [2.75, 3.05) is 13.3 Å². The number of aliphatic carboxylic acids is 1. The third-order valence-corrected chi connectivity index (χ3v) is 0.741. The molecule has 0 spiro atoms. The SMILES string of the molecule is C=CCO/N=C(/CF)C(=O)O. The molecule has 0 rings (SSSR count). The van der Waals surface area contributed by atoms with E-state index in [2.05, 4.69) is 16.6 Å². The summed E-state index contributed by atoms with van der Waals surface area (Å²) >= 11 is 0. The predicted molar refractivity (Wildman–Crippen MR) is 37.2 cm³/mol. The topological polar surface area (TPSA) is 58.9 Å². The van der Waals surface area contributed by atoms with Crippen LogP contribution in [0.3, 0.4) is 0 Å². The molecule has 0 aromatic rings. The molecule has 0 heterocycles. The van der Waals surface area contributed by atoms with Crippen molar-refractivity contribution < 1.29 is 19.1 Å². The van der Waals surface area contributed by atoms with Crippen LogP contribution in [-0.2, 0) is 9.63 Å².